The Kier molecular flexibility index (Phi) is 6.45. The summed E-state index contributed by atoms with van der Waals surface area (Å²) in [7, 11) is 1.28. The highest BCUT2D eigenvalue weighted by atomic mass is 16.5. The lowest BCUT2D eigenvalue weighted by Crippen LogP contribution is -2.50. The molecule has 0 fully saturated rings. The summed E-state index contributed by atoms with van der Waals surface area (Å²) >= 11 is 0. The molecule has 0 radical (unpaired) electrons. The second-order valence-electron chi connectivity index (χ2n) is 4.79. The van der Waals surface area contributed by atoms with Gasteiger partial charge in [0.05, 0.1) is 19.8 Å². The molecular weight excluding hydrogens is 276 g/mol. The van der Waals surface area contributed by atoms with E-state index >= 15 is 0 Å². The Morgan fingerprint density at radius 1 is 1.33 bits per heavy atom. The number of hydrogen-bond acceptors (Lipinski definition) is 5. The van der Waals surface area contributed by atoms with E-state index in [1.165, 1.54) is 19.4 Å². The molecule has 0 aliphatic carbocycles. The fourth-order valence-corrected chi connectivity index (χ4v) is 1.65. The van der Waals surface area contributed by atoms with Crippen molar-refractivity contribution < 1.29 is 23.5 Å². The Hall–Kier alpha value is -2.31. The van der Waals surface area contributed by atoms with Crippen LogP contribution in [0.2, 0.25) is 0 Å². The summed E-state index contributed by atoms with van der Waals surface area (Å²) in [5.41, 5.74) is 0. The third-order valence-corrected chi connectivity index (χ3v) is 2.84. The van der Waals surface area contributed by atoms with Gasteiger partial charge in [0.2, 0.25) is 5.91 Å². The van der Waals surface area contributed by atoms with Crippen LogP contribution in [0.5, 0.6) is 0 Å². The van der Waals surface area contributed by atoms with Gasteiger partial charge in [-0.3, -0.25) is 14.4 Å². The summed E-state index contributed by atoms with van der Waals surface area (Å²) in [4.78, 5) is 34.9. The van der Waals surface area contributed by atoms with E-state index in [-0.39, 0.29) is 30.6 Å². The van der Waals surface area contributed by atoms with Crippen LogP contribution in [-0.2, 0) is 14.3 Å². The molecule has 7 heteroatoms. The van der Waals surface area contributed by atoms with E-state index in [1.54, 1.807) is 6.07 Å². The summed E-state index contributed by atoms with van der Waals surface area (Å²) in [5, 5.41) is 5.20. The summed E-state index contributed by atoms with van der Waals surface area (Å²) in [6.07, 6.45) is 1.47. The first kappa shape index (κ1) is 16.7. The molecule has 1 aromatic heterocycles. The zero-order valence-corrected chi connectivity index (χ0v) is 12.3. The van der Waals surface area contributed by atoms with Crippen molar-refractivity contribution in [3.8, 4) is 0 Å². The molecular formula is C14H20N2O5. The van der Waals surface area contributed by atoms with Gasteiger partial charge in [0.15, 0.2) is 5.76 Å². The van der Waals surface area contributed by atoms with Crippen molar-refractivity contribution >= 4 is 17.8 Å². The maximum atomic E-state index is 12.1. The maximum absolute atomic E-state index is 12.1. The number of methoxy groups -OCH3 is 1. The van der Waals surface area contributed by atoms with Crippen LogP contribution in [0.4, 0.5) is 0 Å². The van der Waals surface area contributed by atoms with E-state index in [4.69, 9.17) is 4.42 Å². The number of carbonyl (C=O) groups is 3. The summed E-state index contributed by atoms with van der Waals surface area (Å²) in [6.45, 7) is 3.78. The highest BCUT2D eigenvalue weighted by molar-refractivity contribution is 5.95. The van der Waals surface area contributed by atoms with Crippen molar-refractivity contribution in [2.75, 3.05) is 13.7 Å². The first-order valence-electron chi connectivity index (χ1n) is 6.64. The molecule has 0 aliphatic heterocycles. The van der Waals surface area contributed by atoms with Gasteiger partial charge in [-0.15, -0.1) is 0 Å². The zero-order chi connectivity index (χ0) is 15.8. The quantitative estimate of drug-likeness (QED) is 0.722. The lowest BCUT2D eigenvalue weighted by molar-refractivity contribution is -0.140. The van der Waals surface area contributed by atoms with Crippen molar-refractivity contribution in [2.24, 2.45) is 5.92 Å². The van der Waals surface area contributed by atoms with Gasteiger partial charge in [0.25, 0.3) is 5.91 Å². The predicted octanol–water partition coefficient (Wildman–Crippen LogP) is 0.713. The smallest absolute Gasteiger partial charge is 0.307 e. The van der Waals surface area contributed by atoms with Crippen LogP contribution in [0.1, 0.15) is 30.8 Å². The van der Waals surface area contributed by atoms with E-state index in [9.17, 15) is 14.4 Å². The second-order valence-corrected chi connectivity index (χ2v) is 4.79. The zero-order valence-electron chi connectivity index (χ0n) is 12.3. The molecule has 21 heavy (non-hydrogen) atoms. The number of esters is 1. The number of ether oxygens (including phenoxy) is 1. The molecule has 1 unspecified atom stereocenters. The van der Waals surface area contributed by atoms with Gasteiger partial charge in [-0.2, -0.15) is 0 Å². The van der Waals surface area contributed by atoms with Crippen molar-refractivity contribution in [1.82, 2.24) is 10.6 Å². The molecule has 0 aliphatic rings. The normalized spacial score (nSPS) is 11.8. The minimum atomic E-state index is -0.708. The van der Waals surface area contributed by atoms with Gasteiger partial charge in [-0.1, -0.05) is 13.8 Å². The Labute approximate surface area is 123 Å². The van der Waals surface area contributed by atoms with Crippen LogP contribution in [-0.4, -0.2) is 37.5 Å². The van der Waals surface area contributed by atoms with E-state index in [0.29, 0.717) is 0 Å². The molecule has 1 rings (SSSR count). The Morgan fingerprint density at radius 3 is 2.57 bits per heavy atom. The van der Waals surface area contributed by atoms with Gasteiger partial charge in [-0.25, -0.2) is 0 Å². The number of amides is 2. The average Bonchev–Trinajstić information content (AvgIpc) is 2.97. The monoisotopic (exact) mass is 296 g/mol. The number of hydrogen-bond donors (Lipinski definition) is 2. The number of rotatable bonds is 7. The molecule has 0 aromatic carbocycles. The highest BCUT2D eigenvalue weighted by Crippen LogP contribution is 2.05. The SMILES string of the molecule is COC(=O)CCNC(=O)C(NC(=O)c1ccco1)C(C)C. The fourth-order valence-electron chi connectivity index (χ4n) is 1.65. The molecule has 116 valence electrons. The maximum Gasteiger partial charge on any atom is 0.307 e. The van der Waals surface area contributed by atoms with Crippen LogP contribution < -0.4 is 10.6 Å². The Bertz CT molecular complexity index is 482. The first-order chi connectivity index (χ1) is 9.95. The molecule has 2 N–H and O–H groups in total. The van der Waals surface area contributed by atoms with E-state index in [1.807, 2.05) is 13.8 Å². The van der Waals surface area contributed by atoms with Crippen molar-refractivity contribution in [2.45, 2.75) is 26.3 Å². The third-order valence-electron chi connectivity index (χ3n) is 2.84. The first-order valence-corrected chi connectivity index (χ1v) is 6.64. The van der Waals surface area contributed by atoms with Gasteiger partial charge in [0, 0.05) is 6.54 Å². The highest BCUT2D eigenvalue weighted by Gasteiger charge is 2.25. The number of furan rings is 1. The topological polar surface area (TPSA) is 97.6 Å². The van der Waals surface area contributed by atoms with Gasteiger partial charge < -0.3 is 19.8 Å². The predicted molar refractivity (Wildman–Crippen MR) is 74.4 cm³/mol. The largest absolute Gasteiger partial charge is 0.469 e. The van der Waals surface area contributed by atoms with Crippen LogP contribution in [0, 0.1) is 5.92 Å². The van der Waals surface area contributed by atoms with Crippen molar-refractivity contribution in [3.63, 3.8) is 0 Å². The third kappa shape index (κ3) is 5.29. The van der Waals surface area contributed by atoms with E-state index < -0.39 is 17.9 Å². The molecule has 0 saturated carbocycles. The van der Waals surface area contributed by atoms with Crippen molar-refractivity contribution in [3.05, 3.63) is 24.2 Å². The Morgan fingerprint density at radius 2 is 2.05 bits per heavy atom. The lowest BCUT2D eigenvalue weighted by Gasteiger charge is -2.21. The molecule has 1 aromatic rings. The van der Waals surface area contributed by atoms with Gasteiger partial charge in [0.1, 0.15) is 6.04 Å². The lowest BCUT2D eigenvalue weighted by atomic mass is 10.0. The van der Waals surface area contributed by atoms with Gasteiger partial charge in [-0.05, 0) is 18.1 Å². The minimum Gasteiger partial charge on any atom is -0.469 e. The van der Waals surface area contributed by atoms with Crippen LogP contribution in [0.25, 0.3) is 0 Å². The van der Waals surface area contributed by atoms with E-state index in [2.05, 4.69) is 15.4 Å². The molecule has 0 spiro atoms. The molecule has 0 bridgehead atoms. The van der Waals surface area contributed by atoms with Crippen LogP contribution in [0.3, 0.4) is 0 Å². The molecule has 7 nitrogen and oxygen atoms in total. The van der Waals surface area contributed by atoms with Crippen LogP contribution in [0.15, 0.2) is 22.8 Å². The second kappa shape index (κ2) is 8.08. The van der Waals surface area contributed by atoms with Gasteiger partial charge >= 0.3 is 5.97 Å². The fraction of sp³-hybridized carbons (Fsp3) is 0.500. The summed E-state index contributed by atoms with van der Waals surface area (Å²) < 4.78 is 9.46. The summed E-state index contributed by atoms with van der Waals surface area (Å²) in [5.74, 6) is -1.18. The molecule has 0 saturated heterocycles. The van der Waals surface area contributed by atoms with Crippen molar-refractivity contribution in [1.29, 1.82) is 0 Å². The standard InChI is InChI=1S/C14H20N2O5/c1-9(2)12(14(19)15-7-6-11(17)20-3)16-13(18)10-5-4-8-21-10/h4-5,8-9,12H,6-7H2,1-3H3,(H,15,19)(H,16,18). The minimum absolute atomic E-state index is 0.0825. The van der Waals surface area contributed by atoms with E-state index in [0.717, 1.165) is 0 Å². The number of carbonyl (C=O) groups excluding carboxylic acids is 3. The summed E-state index contributed by atoms with van der Waals surface area (Å²) in [6, 6.07) is 2.40. The Balaban J connectivity index is 2.54. The molecule has 1 atom stereocenters. The molecule has 1 heterocycles. The average molecular weight is 296 g/mol. The van der Waals surface area contributed by atoms with Crippen LogP contribution >= 0.6 is 0 Å². The number of nitrogens with one attached hydrogen (secondary N) is 2. The molecule has 2 amide bonds.